The molecule has 1 aromatic carbocycles. The number of anilines is 2. The highest BCUT2D eigenvalue weighted by Gasteiger charge is 2.35. The van der Waals surface area contributed by atoms with E-state index < -0.39 is 49.0 Å². The van der Waals surface area contributed by atoms with Crippen molar-refractivity contribution in [3.63, 3.8) is 0 Å². The SMILES string of the molecule is Cc1noc(C)c1NC(=O)N(C)C[C@H]1Oc2c(NC(=O)CCC(F)(F)F)cccc2C(=O)N([C@H](C)CO)C[C@@H]1C. The second kappa shape index (κ2) is 12.6. The summed E-state index contributed by atoms with van der Waals surface area (Å²) in [4.78, 5) is 41.7. The number of ether oxygens (including phenoxy) is 1. The number of aryl methyl sites for hydroxylation is 2. The van der Waals surface area contributed by atoms with Crippen LogP contribution < -0.4 is 15.4 Å². The summed E-state index contributed by atoms with van der Waals surface area (Å²) in [6.07, 6.45) is -7.33. The number of para-hydroxylation sites is 1. The predicted molar refractivity (Wildman–Crippen MR) is 139 cm³/mol. The maximum Gasteiger partial charge on any atom is 0.389 e. The Balaban J connectivity index is 1.92. The molecule has 4 amide bonds. The van der Waals surface area contributed by atoms with Crippen molar-refractivity contribution in [1.82, 2.24) is 15.0 Å². The van der Waals surface area contributed by atoms with E-state index >= 15 is 0 Å². The van der Waals surface area contributed by atoms with Crippen molar-refractivity contribution >= 4 is 29.2 Å². The highest BCUT2D eigenvalue weighted by atomic mass is 19.4. The minimum absolute atomic E-state index is 0.0246. The number of rotatable bonds is 8. The van der Waals surface area contributed by atoms with Gasteiger partial charge >= 0.3 is 12.2 Å². The first-order valence-corrected chi connectivity index (χ1v) is 12.7. The minimum Gasteiger partial charge on any atom is -0.485 e. The topological polar surface area (TPSA) is 137 Å². The number of likely N-dealkylation sites (N-methyl/N-ethyl adjacent to an activating group) is 1. The maximum absolute atomic E-state index is 13.5. The fourth-order valence-corrected chi connectivity index (χ4v) is 4.24. The lowest BCUT2D eigenvalue weighted by atomic mass is 9.99. The monoisotopic (exact) mass is 569 g/mol. The third-order valence-electron chi connectivity index (χ3n) is 6.67. The van der Waals surface area contributed by atoms with E-state index in [1.165, 1.54) is 28.0 Å². The molecule has 40 heavy (non-hydrogen) atoms. The third-order valence-corrected chi connectivity index (χ3v) is 6.67. The molecule has 11 nitrogen and oxygen atoms in total. The molecule has 3 N–H and O–H groups in total. The first-order chi connectivity index (χ1) is 18.7. The van der Waals surface area contributed by atoms with Crippen LogP contribution in [0.15, 0.2) is 22.7 Å². The zero-order valence-corrected chi connectivity index (χ0v) is 23.0. The van der Waals surface area contributed by atoms with Gasteiger partial charge in [0.15, 0.2) is 11.5 Å². The fourth-order valence-electron chi connectivity index (χ4n) is 4.24. The molecule has 0 saturated carbocycles. The van der Waals surface area contributed by atoms with Gasteiger partial charge in [0, 0.05) is 25.9 Å². The van der Waals surface area contributed by atoms with E-state index in [0.717, 1.165) is 0 Å². The second-order valence-electron chi connectivity index (χ2n) is 9.98. The molecule has 1 aromatic heterocycles. The number of fused-ring (bicyclic) bond motifs is 1. The number of aliphatic hydroxyl groups excluding tert-OH is 1. The molecule has 220 valence electrons. The number of urea groups is 1. The molecule has 0 fully saturated rings. The first-order valence-electron chi connectivity index (χ1n) is 12.7. The van der Waals surface area contributed by atoms with Crippen LogP contribution >= 0.6 is 0 Å². The summed E-state index contributed by atoms with van der Waals surface area (Å²) >= 11 is 0. The summed E-state index contributed by atoms with van der Waals surface area (Å²) in [5.74, 6) is -1.34. The molecule has 0 unspecified atom stereocenters. The number of aromatic nitrogens is 1. The number of aliphatic hydroxyl groups is 1. The number of carbonyl (C=O) groups is 3. The Bertz CT molecular complexity index is 1210. The number of alkyl halides is 3. The summed E-state index contributed by atoms with van der Waals surface area (Å²) in [6.45, 7) is 6.74. The molecule has 3 atom stereocenters. The van der Waals surface area contributed by atoms with Crippen LogP contribution in [0.5, 0.6) is 5.75 Å². The van der Waals surface area contributed by atoms with Crippen LogP contribution in [0.2, 0.25) is 0 Å². The standard InChI is InChI=1S/C26H34F3N5O6/c1-14-11-34(15(2)13-35)24(37)18-7-6-8-19(30-21(36)9-10-26(27,28)29)23(18)39-20(14)12-33(5)25(38)31-22-16(3)32-40-17(22)4/h6-8,14-15,20,35H,9-13H2,1-5H3,(H,30,36)(H,31,38)/t14-,15+,20+/m0/s1. The summed E-state index contributed by atoms with van der Waals surface area (Å²) < 4.78 is 49.3. The molecule has 3 rings (SSSR count). The average molecular weight is 570 g/mol. The van der Waals surface area contributed by atoms with Gasteiger partial charge in [0.05, 0.1) is 36.9 Å². The van der Waals surface area contributed by atoms with Gasteiger partial charge in [-0.25, -0.2) is 4.79 Å². The van der Waals surface area contributed by atoms with Crippen molar-refractivity contribution in [2.45, 2.75) is 58.9 Å². The first kappa shape index (κ1) is 30.7. The molecule has 0 spiro atoms. The number of amides is 4. The van der Waals surface area contributed by atoms with E-state index in [1.54, 1.807) is 27.8 Å². The van der Waals surface area contributed by atoms with Gasteiger partial charge in [-0.3, -0.25) is 9.59 Å². The number of halogens is 3. The van der Waals surface area contributed by atoms with Gasteiger partial charge < -0.3 is 34.8 Å². The Labute approximate surface area is 229 Å². The molecule has 0 saturated heterocycles. The summed E-state index contributed by atoms with van der Waals surface area (Å²) in [5, 5.41) is 18.8. The van der Waals surface area contributed by atoms with Gasteiger partial charge in [-0.2, -0.15) is 13.2 Å². The average Bonchev–Trinajstić information content (AvgIpc) is 3.20. The Morgan fingerprint density at radius 3 is 2.58 bits per heavy atom. The Morgan fingerprint density at radius 1 is 1.27 bits per heavy atom. The Morgan fingerprint density at radius 2 is 1.98 bits per heavy atom. The molecule has 0 bridgehead atoms. The number of nitrogens with zero attached hydrogens (tertiary/aromatic N) is 3. The molecule has 1 aliphatic rings. The van der Waals surface area contributed by atoms with E-state index in [-0.39, 0.29) is 42.6 Å². The lowest BCUT2D eigenvalue weighted by Crippen LogP contribution is -2.50. The predicted octanol–water partition coefficient (Wildman–Crippen LogP) is 3.96. The normalized spacial score (nSPS) is 18.2. The van der Waals surface area contributed by atoms with Crippen LogP contribution in [0.3, 0.4) is 0 Å². The van der Waals surface area contributed by atoms with E-state index in [2.05, 4.69) is 15.8 Å². The smallest absolute Gasteiger partial charge is 0.389 e. The molecule has 2 heterocycles. The molecule has 0 radical (unpaired) electrons. The van der Waals surface area contributed by atoms with Crippen LogP contribution in [-0.2, 0) is 4.79 Å². The Hall–Kier alpha value is -3.81. The zero-order valence-electron chi connectivity index (χ0n) is 23.0. The summed E-state index contributed by atoms with van der Waals surface area (Å²) in [5.41, 5.74) is 1.03. The lowest BCUT2D eigenvalue weighted by Gasteiger charge is -2.38. The van der Waals surface area contributed by atoms with E-state index in [4.69, 9.17) is 9.26 Å². The number of hydrogen-bond donors (Lipinski definition) is 3. The summed E-state index contributed by atoms with van der Waals surface area (Å²) in [7, 11) is 1.55. The molecule has 14 heteroatoms. The summed E-state index contributed by atoms with van der Waals surface area (Å²) in [6, 6.07) is 3.34. The largest absolute Gasteiger partial charge is 0.485 e. The molecule has 1 aliphatic heterocycles. The van der Waals surface area contributed by atoms with E-state index in [9.17, 15) is 32.7 Å². The Kier molecular flexibility index (Phi) is 9.66. The van der Waals surface area contributed by atoms with Crippen molar-refractivity contribution in [2.24, 2.45) is 5.92 Å². The second-order valence-corrected chi connectivity index (χ2v) is 9.98. The van der Waals surface area contributed by atoms with Gasteiger partial charge in [0.2, 0.25) is 5.91 Å². The maximum atomic E-state index is 13.5. The zero-order chi connectivity index (χ0) is 29.8. The third kappa shape index (κ3) is 7.43. The van der Waals surface area contributed by atoms with Crippen molar-refractivity contribution in [3.05, 3.63) is 35.2 Å². The quantitative estimate of drug-likeness (QED) is 0.438. The number of nitrogens with one attached hydrogen (secondary N) is 2. The van der Waals surface area contributed by atoms with Crippen LogP contribution in [0, 0.1) is 19.8 Å². The molecular weight excluding hydrogens is 535 g/mol. The highest BCUT2D eigenvalue weighted by molar-refractivity contribution is 6.01. The van der Waals surface area contributed by atoms with Gasteiger partial charge in [0.1, 0.15) is 17.5 Å². The van der Waals surface area contributed by atoms with E-state index in [1.807, 2.05) is 6.92 Å². The van der Waals surface area contributed by atoms with Gasteiger partial charge in [0.25, 0.3) is 5.91 Å². The van der Waals surface area contributed by atoms with Gasteiger partial charge in [-0.1, -0.05) is 18.1 Å². The minimum atomic E-state index is -4.51. The highest BCUT2D eigenvalue weighted by Crippen LogP contribution is 2.35. The molecule has 0 aliphatic carbocycles. The number of carbonyl (C=O) groups excluding carboxylic acids is 3. The van der Waals surface area contributed by atoms with Crippen molar-refractivity contribution in [1.29, 1.82) is 0 Å². The lowest BCUT2D eigenvalue weighted by molar-refractivity contribution is -0.142. The molecular formula is C26H34F3N5O6. The molecule has 2 aromatic rings. The van der Waals surface area contributed by atoms with Crippen LogP contribution in [0.4, 0.5) is 29.3 Å². The van der Waals surface area contributed by atoms with E-state index in [0.29, 0.717) is 17.1 Å². The van der Waals surface area contributed by atoms with Crippen molar-refractivity contribution < 1.29 is 41.9 Å². The number of benzene rings is 1. The number of hydrogen-bond acceptors (Lipinski definition) is 7. The van der Waals surface area contributed by atoms with Crippen molar-refractivity contribution in [2.75, 3.05) is 37.4 Å². The van der Waals surface area contributed by atoms with Gasteiger partial charge in [-0.15, -0.1) is 0 Å². The fraction of sp³-hybridized carbons (Fsp3) is 0.538. The van der Waals surface area contributed by atoms with Crippen LogP contribution in [0.25, 0.3) is 0 Å². The van der Waals surface area contributed by atoms with Crippen molar-refractivity contribution in [3.8, 4) is 5.75 Å². The van der Waals surface area contributed by atoms with Crippen LogP contribution in [-0.4, -0.2) is 83.0 Å². The van der Waals surface area contributed by atoms with Gasteiger partial charge in [-0.05, 0) is 32.9 Å². The van der Waals surface area contributed by atoms with Crippen LogP contribution in [0.1, 0.15) is 48.5 Å².